The number of aliphatic hydroxyl groups is 1. The Morgan fingerprint density at radius 2 is 1.95 bits per heavy atom. The lowest BCUT2D eigenvalue weighted by molar-refractivity contribution is 0.0658. The van der Waals surface area contributed by atoms with Crippen LogP contribution in [0.25, 0.3) is 0 Å². The zero-order valence-corrected chi connectivity index (χ0v) is 14.6. The Kier molecular flexibility index (Phi) is 5.07. The van der Waals surface area contributed by atoms with Crippen molar-refractivity contribution in [3.63, 3.8) is 0 Å². The van der Waals surface area contributed by atoms with E-state index in [9.17, 15) is 13.5 Å². The molecule has 2 N–H and O–H groups in total. The number of hydrogen-bond acceptors (Lipinski definition) is 4. The van der Waals surface area contributed by atoms with Gasteiger partial charge in [-0.05, 0) is 66.4 Å². The van der Waals surface area contributed by atoms with Crippen molar-refractivity contribution < 1.29 is 13.5 Å². The van der Waals surface area contributed by atoms with E-state index in [1.807, 2.05) is 30.7 Å². The second-order valence-corrected chi connectivity index (χ2v) is 8.42. The number of thiophene rings is 1. The maximum atomic E-state index is 12.3. The minimum Gasteiger partial charge on any atom is -0.388 e. The molecular formula is C16H21NO3S2. The van der Waals surface area contributed by atoms with E-state index in [2.05, 4.69) is 4.72 Å². The minimum atomic E-state index is -3.62. The summed E-state index contributed by atoms with van der Waals surface area (Å²) in [5.41, 5.74) is 1.84. The van der Waals surface area contributed by atoms with Gasteiger partial charge in [0.25, 0.3) is 0 Å². The first-order chi connectivity index (χ1) is 10.2. The average molecular weight is 339 g/mol. The summed E-state index contributed by atoms with van der Waals surface area (Å²) in [6.07, 6.45) is 0.409. The average Bonchev–Trinajstić information content (AvgIpc) is 2.92. The number of rotatable bonds is 6. The molecule has 0 fully saturated rings. The molecule has 2 rings (SSSR count). The smallest absolute Gasteiger partial charge is 0.240 e. The number of aryl methyl sites for hydroxylation is 2. The molecule has 1 unspecified atom stereocenters. The second kappa shape index (κ2) is 6.50. The first kappa shape index (κ1) is 17.1. The van der Waals surface area contributed by atoms with Crippen molar-refractivity contribution in [2.24, 2.45) is 0 Å². The fourth-order valence-corrected chi connectivity index (χ4v) is 4.03. The molecule has 1 heterocycles. The summed E-state index contributed by atoms with van der Waals surface area (Å²) < 4.78 is 27.1. The topological polar surface area (TPSA) is 66.4 Å². The van der Waals surface area contributed by atoms with Crippen LogP contribution in [0.15, 0.2) is 39.9 Å². The lowest BCUT2D eigenvalue weighted by Gasteiger charge is -2.23. The largest absolute Gasteiger partial charge is 0.388 e. The van der Waals surface area contributed by atoms with E-state index < -0.39 is 15.6 Å². The summed E-state index contributed by atoms with van der Waals surface area (Å²) in [4.78, 5) is 0.224. The first-order valence-corrected chi connectivity index (χ1v) is 9.43. The van der Waals surface area contributed by atoms with E-state index in [-0.39, 0.29) is 11.4 Å². The van der Waals surface area contributed by atoms with Crippen LogP contribution in [0.3, 0.4) is 0 Å². The van der Waals surface area contributed by atoms with Crippen LogP contribution in [0.1, 0.15) is 23.6 Å². The van der Waals surface area contributed by atoms with Crippen molar-refractivity contribution in [1.82, 2.24) is 4.72 Å². The third kappa shape index (κ3) is 4.39. The Hall–Kier alpha value is -1.21. The molecule has 0 amide bonds. The quantitative estimate of drug-likeness (QED) is 0.850. The van der Waals surface area contributed by atoms with Gasteiger partial charge in [0.1, 0.15) is 0 Å². The SMILES string of the molecule is Cc1ccc(S(=O)(=O)NCC(C)(O)Cc2ccsc2)cc1C. The number of hydrogen-bond donors (Lipinski definition) is 2. The molecule has 0 aliphatic heterocycles. The van der Waals surface area contributed by atoms with Gasteiger partial charge < -0.3 is 5.11 Å². The van der Waals surface area contributed by atoms with Crippen LogP contribution in [-0.4, -0.2) is 25.7 Å². The van der Waals surface area contributed by atoms with Crippen LogP contribution in [0.5, 0.6) is 0 Å². The molecule has 0 aliphatic carbocycles. The van der Waals surface area contributed by atoms with E-state index in [0.29, 0.717) is 6.42 Å². The van der Waals surface area contributed by atoms with Gasteiger partial charge in [-0.3, -0.25) is 0 Å². The summed E-state index contributed by atoms with van der Waals surface area (Å²) in [6, 6.07) is 6.94. The maximum absolute atomic E-state index is 12.3. The minimum absolute atomic E-state index is 0.0297. The Labute approximate surface area is 135 Å². The summed E-state index contributed by atoms with van der Waals surface area (Å²) >= 11 is 1.55. The van der Waals surface area contributed by atoms with Crippen molar-refractivity contribution in [3.05, 3.63) is 51.7 Å². The molecule has 4 nitrogen and oxygen atoms in total. The van der Waals surface area contributed by atoms with Crippen LogP contribution in [0.4, 0.5) is 0 Å². The molecule has 0 bridgehead atoms. The van der Waals surface area contributed by atoms with Gasteiger partial charge in [0.05, 0.1) is 10.5 Å². The van der Waals surface area contributed by atoms with E-state index in [0.717, 1.165) is 16.7 Å². The Bertz CT molecular complexity index is 735. The lowest BCUT2D eigenvalue weighted by Crippen LogP contribution is -2.42. The van der Waals surface area contributed by atoms with E-state index in [1.165, 1.54) is 0 Å². The van der Waals surface area contributed by atoms with Gasteiger partial charge in [-0.15, -0.1) is 0 Å². The van der Waals surface area contributed by atoms with Crippen LogP contribution >= 0.6 is 11.3 Å². The molecule has 6 heteroatoms. The highest BCUT2D eigenvalue weighted by molar-refractivity contribution is 7.89. The second-order valence-electron chi connectivity index (χ2n) is 5.88. The van der Waals surface area contributed by atoms with Gasteiger partial charge in [-0.1, -0.05) is 6.07 Å². The fraction of sp³-hybridized carbons (Fsp3) is 0.375. The van der Waals surface area contributed by atoms with Gasteiger partial charge in [0.15, 0.2) is 0 Å². The predicted molar refractivity (Wildman–Crippen MR) is 89.8 cm³/mol. The standard InChI is InChI=1S/C16H21NO3S2/c1-12-4-5-15(8-13(12)2)22(19,20)17-11-16(3,18)9-14-6-7-21-10-14/h4-8,10,17-18H,9,11H2,1-3H3. The molecule has 0 aliphatic rings. The molecule has 1 aromatic heterocycles. The zero-order valence-electron chi connectivity index (χ0n) is 13.0. The molecule has 1 atom stereocenters. The van der Waals surface area contributed by atoms with Crippen LogP contribution in [0.2, 0.25) is 0 Å². The normalized spacial score (nSPS) is 14.7. The van der Waals surface area contributed by atoms with Crippen molar-refractivity contribution in [2.75, 3.05) is 6.54 Å². The molecule has 0 radical (unpaired) electrons. The van der Waals surface area contributed by atoms with Crippen LogP contribution in [0, 0.1) is 13.8 Å². The predicted octanol–water partition coefficient (Wildman–Crippen LogP) is 2.64. The zero-order chi connectivity index (χ0) is 16.4. The highest BCUT2D eigenvalue weighted by Gasteiger charge is 2.25. The molecule has 0 spiro atoms. The monoisotopic (exact) mass is 339 g/mol. The van der Waals surface area contributed by atoms with Gasteiger partial charge in [-0.25, -0.2) is 13.1 Å². The van der Waals surface area contributed by atoms with Gasteiger partial charge in [0, 0.05) is 13.0 Å². The van der Waals surface area contributed by atoms with Crippen LogP contribution in [-0.2, 0) is 16.4 Å². The van der Waals surface area contributed by atoms with E-state index >= 15 is 0 Å². The van der Waals surface area contributed by atoms with Crippen molar-refractivity contribution in [2.45, 2.75) is 37.7 Å². The molecule has 120 valence electrons. The van der Waals surface area contributed by atoms with E-state index in [1.54, 1.807) is 36.5 Å². The summed E-state index contributed by atoms with van der Waals surface area (Å²) in [6.45, 7) is 5.41. The maximum Gasteiger partial charge on any atom is 0.240 e. The Morgan fingerprint density at radius 3 is 2.55 bits per heavy atom. The summed E-state index contributed by atoms with van der Waals surface area (Å²) in [7, 11) is -3.62. The van der Waals surface area contributed by atoms with Crippen molar-refractivity contribution in [3.8, 4) is 0 Å². The number of benzene rings is 1. The highest BCUT2D eigenvalue weighted by Crippen LogP contribution is 2.18. The lowest BCUT2D eigenvalue weighted by atomic mass is 9.99. The van der Waals surface area contributed by atoms with Crippen LogP contribution < -0.4 is 4.72 Å². The van der Waals surface area contributed by atoms with E-state index in [4.69, 9.17) is 0 Å². The van der Waals surface area contributed by atoms with Gasteiger partial charge in [-0.2, -0.15) is 11.3 Å². The van der Waals surface area contributed by atoms with Crippen molar-refractivity contribution >= 4 is 21.4 Å². The number of sulfonamides is 1. The molecular weight excluding hydrogens is 318 g/mol. The fourth-order valence-electron chi connectivity index (χ4n) is 2.11. The Balaban J connectivity index is 2.07. The first-order valence-electron chi connectivity index (χ1n) is 7.00. The van der Waals surface area contributed by atoms with Crippen molar-refractivity contribution in [1.29, 1.82) is 0 Å². The van der Waals surface area contributed by atoms with Gasteiger partial charge in [0.2, 0.25) is 10.0 Å². The number of nitrogens with one attached hydrogen (secondary N) is 1. The third-order valence-electron chi connectivity index (χ3n) is 3.60. The molecule has 22 heavy (non-hydrogen) atoms. The molecule has 0 saturated heterocycles. The molecule has 1 aromatic carbocycles. The summed E-state index contributed by atoms with van der Waals surface area (Å²) in [5, 5.41) is 14.3. The molecule has 2 aromatic rings. The highest BCUT2D eigenvalue weighted by atomic mass is 32.2. The Morgan fingerprint density at radius 1 is 1.23 bits per heavy atom. The molecule has 0 saturated carbocycles. The third-order valence-corrected chi connectivity index (χ3v) is 5.73. The van der Waals surface area contributed by atoms with Gasteiger partial charge >= 0.3 is 0 Å². The summed E-state index contributed by atoms with van der Waals surface area (Å²) in [5.74, 6) is 0.